The zero-order valence-corrected chi connectivity index (χ0v) is 14.5. The van der Waals surface area contributed by atoms with Gasteiger partial charge in [0.2, 0.25) is 5.91 Å². The molecule has 0 saturated carbocycles. The third-order valence-corrected chi connectivity index (χ3v) is 3.52. The van der Waals surface area contributed by atoms with Crippen LogP contribution in [-0.2, 0) is 4.79 Å². The quantitative estimate of drug-likeness (QED) is 0.418. The molecule has 2 rings (SSSR count). The van der Waals surface area contributed by atoms with Crippen LogP contribution in [-0.4, -0.2) is 32.9 Å². The van der Waals surface area contributed by atoms with E-state index in [0.29, 0.717) is 13.0 Å². The van der Waals surface area contributed by atoms with Crippen molar-refractivity contribution in [1.29, 1.82) is 0 Å². The van der Waals surface area contributed by atoms with Gasteiger partial charge in [-0.2, -0.15) is 5.10 Å². The number of hydrogen-bond donors (Lipinski definition) is 2. The van der Waals surface area contributed by atoms with Gasteiger partial charge in [-0.3, -0.25) is 4.79 Å². The van der Waals surface area contributed by atoms with E-state index in [2.05, 4.69) is 15.8 Å². The first-order chi connectivity index (χ1) is 12.2. The van der Waals surface area contributed by atoms with Gasteiger partial charge in [0.1, 0.15) is 11.5 Å². The molecule has 0 spiro atoms. The van der Waals surface area contributed by atoms with E-state index in [1.54, 1.807) is 20.4 Å². The highest BCUT2D eigenvalue weighted by Gasteiger charge is 2.00. The summed E-state index contributed by atoms with van der Waals surface area (Å²) in [5.74, 6) is 1.49. The van der Waals surface area contributed by atoms with E-state index in [9.17, 15) is 4.79 Å². The monoisotopic (exact) mass is 341 g/mol. The molecule has 0 aliphatic heterocycles. The SMILES string of the molecule is COc1ccc(C=NNC(=O)CCCNc2ccc(OC)cc2)cc1. The zero-order valence-electron chi connectivity index (χ0n) is 14.5. The van der Waals surface area contributed by atoms with Crippen LogP contribution in [0.3, 0.4) is 0 Å². The molecule has 0 unspecified atom stereocenters. The second-order valence-electron chi connectivity index (χ2n) is 5.33. The Kier molecular flexibility index (Phi) is 7.31. The van der Waals surface area contributed by atoms with Gasteiger partial charge in [-0.15, -0.1) is 0 Å². The number of anilines is 1. The second-order valence-corrected chi connectivity index (χ2v) is 5.33. The first kappa shape index (κ1) is 18.3. The predicted octanol–water partition coefficient (Wildman–Crippen LogP) is 3.05. The lowest BCUT2D eigenvalue weighted by Crippen LogP contribution is -2.18. The third-order valence-electron chi connectivity index (χ3n) is 3.52. The minimum atomic E-state index is -0.110. The van der Waals surface area contributed by atoms with Crippen molar-refractivity contribution in [2.75, 3.05) is 26.1 Å². The summed E-state index contributed by atoms with van der Waals surface area (Å²) in [6.45, 7) is 0.710. The summed E-state index contributed by atoms with van der Waals surface area (Å²) in [5.41, 5.74) is 4.42. The van der Waals surface area contributed by atoms with Crippen molar-refractivity contribution in [3.05, 3.63) is 54.1 Å². The van der Waals surface area contributed by atoms with Crippen molar-refractivity contribution in [2.24, 2.45) is 5.10 Å². The number of nitrogens with zero attached hydrogens (tertiary/aromatic N) is 1. The molecule has 6 nitrogen and oxygen atoms in total. The van der Waals surface area contributed by atoms with Crippen molar-refractivity contribution >= 4 is 17.8 Å². The summed E-state index contributed by atoms with van der Waals surface area (Å²) in [6, 6.07) is 15.1. The Morgan fingerprint density at radius 1 is 1.00 bits per heavy atom. The summed E-state index contributed by atoms with van der Waals surface area (Å²) in [5, 5.41) is 7.21. The van der Waals surface area contributed by atoms with Crippen molar-refractivity contribution in [1.82, 2.24) is 5.43 Å². The third kappa shape index (κ3) is 6.55. The minimum Gasteiger partial charge on any atom is -0.497 e. The largest absolute Gasteiger partial charge is 0.497 e. The van der Waals surface area contributed by atoms with Crippen molar-refractivity contribution in [3.8, 4) is 11.5 Å². The Morgan fingerprint density at radius 3 is 2.20 bits per heavy atom. The highest BCUT2D eigenvalue weighted by molar-refractivity contribution is 5.82. The van der Waals surface area contributed by atoms with Crippen LogP contribution in [0.2, 0.25) is 0 Å². The van der Waals surface area contributed by atoms with Crippen LogP contribution < -0.4 is 20.2 Å². The number of benzene rings is 2. The van der Waals surface area contributed by atoms with E-state index >= 15 is 0 Å². The van der Waals surface area contributed by atoms with E-state index in [-0.39, 0.29) is 5.91 Å². The van der Waals surface area contributed by atoms with Crippen LogP contribution in [0.15, 0.2) is 53.6 Å². The molecule has 2 N–H and O–H groups in total. The Morgan fingerprint density at radius 2 is 1.60 bits per heavy atom. The van der Waals surface area contributed by atoms with E-state index < -0.39 is 0 Å². The average molecular weight is 341 g/mol. The maximum atomic E-state index is 11.7. The highest BCUT2D eigenvalue weighted by atomic mass is 16.5. The molecule has 25 heavy (non-hydrogen) atoms. The predicted molar refractivity (Wildman–Crippen MR) is 99.4 cm³/mol. The fraction of sp³-hybridized carbons (Fsp3) is 0.263. The molecule has 6 heteroatoms. The van der Waals surface area contributed by atoms with Crippen molar-refractivity contribution in [2.45, 2.75) is 12.8 Å². The molecule has 2 aromatic carbocycles. The maximum Gasteiger partial charge on any atom is 0.240 e. The summed E-state index contributed by atoms with van der Waals surface area (Å²) in [4.78, 5) is 11.7. The number of nitrogens with one attached hydrogen (secondary N) is 2. The number of methoxy groups -OCH3 is 2. The molecule has 0 saturated heterocycles. The Bertz CT molecular complexity index is 682. The van der Waals surface area contributed by atoms with Crippen LogP contribution in [0.1, 0.15) is 18.4 Å². The molecule has 2 aromatic rings. The van der Waals surface area contributed by atoms with E-state index in [4.69, 9.17) is 9.47 Å². The average Bonchev–Trinajstić information content (AvgIpc) is 2.66. The molecule has 0 fully saturated rings. The van der Waals surface area contributed by atoms with Crippen LogP contribution in [0.4, 0.5) is 5.69 Å². The number of hydrogen-bond acceptors (Lipinski definition) is 5. The van der Waals surface area contributed by atoms with Crippen LogP contribution in [0.25, 0.3) is 0 Å². The number of amides is 1. The number of rotatable bonds is 9. The molecule has 0 aliphatic rings. The topological polar surface area (TPSA) is 72.0 Å². The molecule has 0 aliphatic carbocycles. The summed E-state index contributed by atoms with van der Waals surface area (Å²) in [6.07, 6.45) is 2.73. The molecule has 0 aromatic heterocycles. The Balaban J connectivity index is 1.63. The first-order valence-corrected chi connectivity index (χ1v) is 8.05. The van der Waals surface area contributed by atoms with E-state index in [0.717, 1.165) is 29.2 Å². The minimum absolute atomic E-state index is 0.110. The normalized spacial score (nSPS) is 10.5. The molecule has 0 atom stereocenters. The number of hydrazone groups is 1. The lowest BCUT2D eigenvalue weighted by atomic mass is 10.2. The molecular weight excluding hydrogens is 318 g/mol. The zero-order chi connectivity index (χ0) is 17.9. The Hall–Kier alpha value is -3.02. The van der Waals surface area contributed by atoms with Crippen LogP contribution in [0, 0.1) is 0 Å². The van der Waals surface area contributed by atoms with Gasteiger partial charge in [0, 0.05) is 18.7 Å². The maximum absolute atomic E-state index is 11.7. The second kappa shape index (κ2) is 9.97. The smallest absolute Gasteiger partial charge is 0.240 e. The molecule has 0 bridgehead atoms. The standard InChI is InChI=1S/C19H23N3O3/c1-24-17-9-5-15(6-10-17)14-21-22-19(23)4-3-13-20-16-7-11-18(25-2)12-8-16/h5-12,14,20H,3-4,13H2,1-2H3,(H,22,23). The van der Waals surface area contributed by atoms with Crippen molar-refractivity contribution in [3.63, 3.8) is 0 Å². The molecular formula is C19H23N3O3. The first-order valence-electron chi connectivity index (χ1n) is 8.05. The lowest BCUT2D eigenvalue weighted by Gasteiger charge is -2.06. The number of carbonyl (C=O) groups is 1. The highest BCUT2D eigenvalue weighted by Crippen LogP contribution is 2.14. The van der Waals surface area contributed by atoms with Crippen LogP contribution in [0.5, 0.6) is 11.5 Å². The molecule has 0 radical (unpaired) electrons. The van der Waals surface area contributed by atoms with E-state index in [1.165, 1.54) is 0 Å². The van der Waals surface area contributed by atoms with Gasteiger partial charge in [0.05, 0.1) is 20.4 Å². The Labute approximate surface area is 147 Å². The summed E-state index contributed by atoms with van der Waals surface area (Å²) in [7, 11) is 3.25. The number of ether oxygens (including phenoxy) is 2. The van der Waals surface area contributed by atoms with Gasteiger partial charge < -0.3 is 14.8 Å². The fourth-order valence-electron chi connectivity index (χ4n) is 2.12. The number of carbonyl (C=O) groups excluding carboxylic acids is 1. The molecule has 1 amide bonds. The van der Waals surface area contributed by atoms with Crippen molar-refractivity contribution < 1.29 is 14.3 Å². The van der Waals surface area contributed by atoms with E-state index in [1.807, 2.05) is 48.5 Å². The summed E-state index contributed by atoms with van der Waals surface area (Å²) >= 11 is 0. The lowest BCUT2D eigenvalue weighted by molar-refractivity contribution is -0.121. The van der Waals surface area contributed by atoms with Gasteiger partial charge in [0.25, 0.3) is 0 Å². The molecule has 0 heterocycles. The molecule has 132 valence electrons. The van der Waals surface area contributed by atoms with Crippen LogP contribution >= 0.6 is 0 Å². The van der Waals surface area contributed by atoms with Gasteiger partial charge in [-0.1, -0.05) is 0 Å². The van der Waals surface area contributed by atoms with Gasteiger partial charge in [0.15, 0.2) is 0 Å². The van der Waals surface area contributed by atoms with Gasteiger partial charge >= 0.3 is 0 Å². The summed E-state index contributed by atoms with van der Waals surface area (Å²) < 4.78 is 10.2. The fourth-order valence-corrected chi connectivity index (χ4v) is 2.12. The van der Waals surface area contributed by atoms with Gasteiger partial charge in [-0.05, 0) is 60.5 Å². The van der Waals surface area contributed by atoms with Gasteiger partial charge in [-0.25, -0.2) is 5.43 Å².